The van der Waals surface area contributed by atoms with E-state index in [0.29, 0.717) is 12.2 Å². The summed E-state index contributed by atoms with van der Waals surface area (Å²) in [4.78, 5) is 14.9. The third-order valence-corrected chi connectivity index (χ3v) is 2.40. The van der Waals surface area contributed by atoms with Crippen molar-refractivity contribution >= 4 is 11.7 Å². The molecule has 7 heteroatoms. The zero-order valence-electron chi connectivity index (χ0n) is 9.65. The van der Waals surface area contributed by atoms with Crippen LogP contribution in [-0.4, -0.2) is 37.6 Å². The van der Waals surface area contributed by atoms with Crippen molar-refractivity contribution in [1.29, 1.82) is 0 Å². The minimum Gasteiger partial charge on any atom is -0.478 e. The lowest BCUT2D eigenvalue weighted by Gasteiger charge is -2.08. The van der Waals surface area contributed by atoms with Gasteiger partial charge in [-0.3, -0.25) is 9.67 Å². The van der Waals surface area contributed by atoms with Gasteiger partial charge in [0.1, 0.15) is 0 Å². The molecule has 0 aliphatic rings. The van der Waals surface area contributed by atoms with Gasteiger partial charge in [-0.15, -0.1) is 5.10 Å². The molecule has 18 heavy (non-hydrogen) atoms. The lowest BCUT2D eigenvalue weighted by Crippen LogP contribution is -2.10. The van der Waals surface area contributed by atoms with Crippen LogP contribution in [-0.2, 0) is 6.54 Å². The fourth-order valence-corrected chi connectivity index (χ4v) is 1.54. The lowest BCUT2D eigenvalue weighted by atomic mass is 10.2. The maximum atomic E-state index is 11.0. The molecule has 0 unspecified atom stereocenters. The van der Waals surface area contributed by atoms with Crippen molar-refractivity contribution in [3.8, 4) is 0 Å². The molecule has 2 aromatic rings. The first-order valence-electron chi connectivity index (χ1n) is 5.52. The van der Waals surface area contributed by atoms with Crippen LogP contribution < -0.4 is 5.32 Å². The average Bonchev–Trinajstić information content (AvgIpc) is 2.88. The standard InChI is InChI=1S/C11H13N5O2/c17-11(18)9-2-4-12-8-10(9)13-3-1-6-16-7-5-14-15-16/h2,4-5,7-8,13H,1,3,6H2,(H,17,18). The maximum absolute atomic E-state index is 11.0. The number of nitrogens with zero attached hydrogens (tertiary/aromatic N) is 4. The van der Waals surface area contributed by atoms with Gasteiger partial charge in [0.15, 0.2) is 0 Å². The Balaban J connectivity index is 1.85. The lowest BCUT2D eigenvalue weighted by molar-refractivity contribution is 0.0698. The third-order valence-electron chi connectivity index (χ3n) is 2.40. The number of aromatic carboxylic acids is 1. The van der Waals surface area contributed by atoms with E-state index in [1.165, 1.54) is 18.5 Å². The van der Waals surface area contributed by atoms with Gasteiger partial charge in [0, 0.05) is 25.5 Å². The zero-order chi connectivity index (χ0) is 12.8. The second-order valence-corrected chi connectivity index (χ2v) is 3.67. The van der Waals surface area contributed by atoms with Crippen LogP contribution in [0.4, 0.5) is 5.69 Å². The molecule has 2 aromatic heterocycles. The molecule has 0 saturated heterocycles. The quantitative estimate of drug-likeness (QED) is 0.736. The van der Waals surface area contributed by atoms with E-state index >= 15 is 0 Å². The smallest absolute Gasteiger partial charge is 0.337 e. The van der Waals surface area contributed by atoms with E-state index in [2.05, 4.69) is 20.6 Å². The first kappa shape index (κ1) is 12.0. The molecule has 0 spiro atoms. The maximum Gasteiger partial charge on any atom is 0.337 e. The van der Waals surface area contributed by atoms with Crippen molar-refractivity contribution in [2.24, 2.45) is 0 Å². The average molecular weight is 247 g/mol. The van der Waals surface area contributed by atoms with Gasteiger partial charge < -0.3 is 10.4 Å². The van der Waals surface area contributed by atoms with Crippen LogP contribution in [0, 0.1) is 0 Å². The summed E-state index contributed by atoms with van der Waals surface area (Å²) in [5.74, 6) is -0.962. The highest BCUT2D eigenvalue weighted by Gasteiger charge is 2.08. The number of anilines is 1. The van der Waals surface area contributed by atoms with Crippen LogP contribution in [0.15, 0.2) is 30.9 Å². The Morgan fingerprint density at radius 3 is 3.06 bits per heavy atom. The van der Waals surface area contributed by atoms with Crippen LogP contribution in [0.2, 0.25) is 0 Å². The second-order valence-electron chi connectivity index (χ2n) is 3.67. The number of hydrogen-bond acceptors (Lipinski definition) is 5. The molecular formula is C11H13N5O2. The van der Waals surface area contributed by atoms with Gasteiger partial charge in [0.2, 0.25) is 0 Å². The number of nitrogens with one attached hydrogen (secondary N) is 1. The van der Waals surface area contributed by atoms with Gasteiger partial charge in [-0.1, -0.05) is 5.21 Å². The monoisotopic (exact) mass is 247 g/mol. The SMILES string of the molecule is O=C(O)c1ccncc1NCCCn1ccnn1. The highest BCUT2D eigenvalue weighted by molar-refractivity contribution is 5.93. The van der Waals surface area contributed by atoms with Crippen LogP contribution in [0.25, 0.3) is 0 Å². The molecule has 2 N–H and O–H groups in total. The first-order chi connectivity index (χ1) is 8.77. The number of carbonyl (C=O) groups is 1. The number of aryl methyl sites for hydroxylation is 1. The predicted octanol–water partition coefficient (Wildman–Crippen LogP) is 0.873. The van der Waals surface area contributed by atoms with Gasteiger partial charge in [0.25, 0.3) is 0 Å². The molecule has 94 valence electrons. The van der Waals surface area contributed by atoms with Crippen molar-refractivity contribution in [2.45, 2.75) is 13.0 Å². The number of carboxylic acid groups (broad SMARTS) is 1. The summed E-state index contributed by atoms with van der Waals surface area (Å²) in [6.07, 6.45) is 7.20. The van der Waals surface area contributed by atoms with E-state index in [0.717, 1.165) is 13.0 Å². The minimum absolute atomic E-state index is 0.228. The summed E-state index contributed by atoms with van der Waals surface area (Å²) >= 11 is 0. The summed E-state index contributed by atoms with van der Waals surface area (Å²) in [6, 6.07) is 1.47. The summed E-state index contributed by atoms with van der Waals surface area (Å²) in [7, 11) is 0. The van der Waals surface area contributed by atoms with Crippen LogP contribution in [0.1, 0.15) is 16.8 Å². The number of rotatable bonds is 6. The molecule has 0 aliphatic heterocycles. The van der Waals surface area contributed by atoms with E-state index in [4.69, 9.17) is 5.11 Å². The molecular weight excluding hydrogens is 234 g/mol. The number of carboxylic acids is 1. The normalized spacial score (nSPS) is 10.2. The van der Waals surface area contributed by atoms with Gasteiger partial charge in [-0.2, -0.15) is 0 Å². The van der Waals surface area contributed by atoms with Gasteiger partial charge in [0.05, 0.1) is 23.6 Å². The summed E-state index contributed by atoms with van der Waals surface area (Å²) in [5, 5.41) is 19.6. The molecule has 0 aliphatic carbocycles. The first-order valence-corrected chi connectivity index (χ1v) is 5.52. The number of pyridine rings is 1. The molecule has 0 bridgehead atoms. The van der Waals surface area contributed by atoms with Crippen molar-refractivity contribution in [3.05, 3.63) is 36.4 Å². The molecule has 2 rings (SSSR count). The number of hydrogen-bond donors (Lipinski definition) is 2. The highest BCUT2D eigenvalue weighted by atomic mass is 16.4. The highest BCUT2D eigenvalue weighted by Crippen LogP contribution is 2.12. The Morgan fingerprint density at radius 1 is 1.44 bits per heavy atom. The van der Waals surface area contributed by atoms with E-state index in [1.807, 2.05) is 0 Å². The Kier molecular flexibility index (Phi) is 3.85. The van der Waals surface area contributed by atoms with Gasteiger partial charge in [-0.05, 0) is 12.5 Å². The molecule has 0 atom stereocenters. The van der Waals surface area contributed by atoms with Crippen molar-refractivity contribution < 1.29 is 9.90 Å². The molecule has 0 fully saturated rings. The zero-order valence-corrected chi connectivity index (χ0v) is 9.65. The van der Waals surface area contributed by atoms with Gasteiger partial charge >= 0.3 is 5.97 Å². The van der Waals surface area contributed by atoms with E-state index < -0.39 is 5.97 Å². The molecule has 0 amide bonds. The third kappa shape index (κ3) is 3.03. The van der Waals surface area contributed by atoms with E-state index in [-0.39, 0.29) is 5.56 Å². The molecule has 0 aromatic carbocycles. The Morgan fingerprint density at radius 2 is 2.33 bits per heavy atom. The van der Waals surface area contributed by atoms with Crippen molar-refractivity contribution in [3.63, 3.8) is 0 Å². The van der Waals surface area contributed by atoms with Crippen molar-refractivity contribution in [2.75, 3.05) is 11.9 Å². The van der Waals surface area contributed by atoms with Crippen LogP contribution in [0.3, 0.4) is 0 Å². The fraction of sp³-hybridized carbons (Fsp3) is 0.273. The van der Waals surface area contributed by atoms with Crippen LogP contribution >= 0.6 is 0 Å². The molecule has 2 heterocycles. The van der Waals surface area contributed by atoms with E-state index in [1.54, 1.807) is 17.1 Å². The van der Waals surface area contributed by atoms with Gasteiger partial charge in [-0.25, -0.2) is 4.79 Å². The summed E-state index contributed by atoms with van der Waals surface area (Å²) in [5.41, 5.74) is 0.759. The summed E-state index contributed by atoms with van der Waals surface area (Å²) in [6.45, 7) is 1.38. The Labute approximate surface area is 103 Å². The fourth-order valence-electron chi connectivity index (χ4n) is 1.54. The minimum atomic E-state index is -0.962. The second kappa shape index (κ2) is 5.76. The molecule has 0 radical (unpaired) electrons. The van der Waals surface area contributed by atoms with E-state index in [9.17, 15) is 4.79 Å². The Hall–Kier alpha value is -2.44. The topological polar surface area (TPSA) is 92.9 Å². The molecule has 7 nitrogen and oxygen atoms in total. The number of aromatic nitrogens is 4. The predicted molar refractivity (Wildman–Crippen MR) is 64.3 cm³/mol. The summed E-state index contributed by atoms with van der Waals surface area (Å²) < 4.78 is 1.73. The van der Waals surface area contributed by atoms with Crippen LogP contribution in [0.5, 0.6) is 0 Å². The Bertz CT molecular complexity index is 512. The van der Waals surface area contributed by atoms with Crippen molar-refractivity contribution in [1.82, 2.24) is 20.0 Å². The molecule has 0 saturated carbocycles. The largest absolute Gasteiger partial charge is 0.478 e.